The van der Waals surface area contributed by atoms with Crippen molar-refractivity contribution in [3.63, 3.8) is 0 Å². The van der Waals surface area contributed by atoms with Crippen LogP contribution in [0.15, 0.2) is 60.0 Å². The lowest BCUT2D eigenvalue weighted by Gasteiger charge is -2.13. The third-order valence-corrected chi connectivity index (χ3v) is 5.19. The Balaban J connectivity index is 1.42. The van der Waals surface area contributed by atoms with Gasteiger partial charge >= 0.3 is 0 Å². The molecule has 27 heavy (non-hydrogen) atoms. The first-order valence-corrected chi connectivity index (χ1v) is 9.90. The number of hydrogen-bond acceptors (Lipinski definition) is 5. The molecule has 0 bridgehead atoms. The van der Waals surface area contributed by atoms with Gasteiger partial charge in [-0.15, -0.1) is 10.2 Å². The first-order chi connectivity index (χ1) is 13.2. The van der Waals surface area contributed by atoms with Gasteiger partial charge in [0.2, 0.25) is 5.91 Å². The molecule has 138 valence electrons. The van der Waals surface area contributed by atoms with Crippen molar-refractivity contribution in [1.29, 1.82) is 0 Å². The summed E-state index contributed by atoms with van der Waals surface area (Å²) in [5.74, 6) is 1.28. The third-order valence-electron chi connectivity index (χ3n) is 4.00. The number of ether oxygens (including phenoxy) is 1. The van der Waals surface area contributed by atoms with Crippen molar-refractivity contribution in [2.75, 3.05) is 11.1 Å². The number of nitrogens with zero attached hydrogens (tertiary/aromatic N) is 3. The Bertz CT molecular complexity index is 944. The highest BCUT2D eigenvalue weighted by Crippen LogP contribution is 2.37. The van der Waals surface area contributed by atoms with Crippen LogP contribution in [0.5, 0.6) is 11.5 Å². The average molecular weight is 401 g/mol. The van der Waals surface area contributed by atoms with Crippen molar-refractivity contribution < 1.29 is 9.53 Å². The minimum atomic E-state index is -0.162. The largest absolute Gasteiger partial charge is 0.455 e. The number of benzene rings is 2. The van der Waals surface area contributed by atoms with E-state index in [1.807, 2.05) is 34.9 Å². The quantitative estimate of drug-likeness (QED) is 0.577. The molecular formula is C19H17ClN4O2S. The Morgan fingerprint density at radius 1 is 1.26 bits per heavy atom. The van der Waals surface area contributed by atoms with Gasteiger partial charge in [0.05, 0.1) is 11.4 Å². The number of hydrogen-bond donors (Lipinski definition) is 1. The first kappa shape index (κ1) is 17.9. The molecule has 1 N–H and O–H groups in total. The lowest BCUT2D eigenvalue weighted by molar-refractivity contribution is -0.113. The third kappa shape index (κ3) is 4.61. The van der Waals surface area contributed by atoms with Crippen molar-refractivity contribution in [3.8, 4) is 11.5 Å². The molecule has 0 spiro atoms. The highest BCUT2D eigenvalue weighted by atomic mass is 35.5. The van der Waals surface area contributed by atoms with Crippen molar-refractivity contribution in [1.82, 2.24) is 14.8 Å². The van der Waals surface area contributed by atoms with Crippen LogP contribution in [0, 0.1) is 0 Å². The van der Waals surface area contributed by atoms with Crippen LogP contribution in [0.2, 0.25) is 5.02 Å². The minimum absolute atomic E-state index is 0.162. The summed E-state index contributed by atoms with van der Waals surface area (Å²) in [6.45, 7) is 0. The van der Waals surface area contributed by atoms with Crippen molar-refractivity contribution in [3.05, 3.63) is 59.9 Å². The zero-order valence-corrected chi connectivity index (χ0v) is 15.9. The summed E-state index contributed by atoms with van der Waals surface area (Å²) in [7, 11) is 0. The molecule has 2 aromatic carbocycles. The maximum atomic E-state index is 12.4. The summed E-state index contributed by atoms with van der Waals surface area (Å²) in [5, 5.41) is 12.2. The highest BCUT2D eigenvalue weighted by molar-refractivity contribution is 7.99. The Hall–Kier alpha value is -2.51. The van der Waals surface area contributed by atoms with Crippen LogP contribution in [0.4, 0.5) is 5.69 Å². The molecule has 0 saturated heterocycles. The van der Waals surface area contributed by atoms with E-state index in [4.69, 9.17) is 16.3 Å². The zero-order valence-electron chi connectivity index (χ0n) is 14.3. The molecule has 1 aliphatic carbocycles. The van der Waals surface area contributed by atoms with Gasteiger partial charge in [-0.2, -0.15) is 0 Å². The predicted octanol–water partition coefficient (Wildman–Crippen LogP) is 4.79. The number of anilines is 1. The van der Waals surface area contributed by atoms with Crippen LogP contribution in [-0.4, -0.2) is 26.4 Å². The van der Waals surface area contributed by atoms with E-state index in [1.165, 1.54) is 11.8 Å². The number of aromatic nitrogens is 3. The molecule has 1 fully saturated rings. The molecule has 0 radical (unpaired) electrons. The summed E-state index contributed by atoms with van der Waals surface area (Å²) in [4.78, 5) is 12.4. The molecule has 6 nitrogen and oxygen atoms in total. The van der Waals surface area contributed by atoms with E-state index in [9.17, 15) is 4.79 Å². The molecule has 1 aromatic heterocycles. The number of carbonyl (C=O) groups is 1. The molecule has 0 unspecified atom stereocenters. The van der Waals surface area contributed by atoms with Gasteiger partial charge in [0.1, 0.15) is 12.1 Å². The van der Waals surface area contributed by atoms with E-state index < -0.39 is 0 Å². The van der Waals surface area contributed by atoms with Crippen molar-refractivity contribution in [2.45, 2.75) is 24.0 Å². The number of amides is 1. The normalized spacial score (nSPS) is 13.4. The van der Waals surface area contributed by atoms with Gasteiger partial charge in [0.25, 0.3) is 0 Å². The summed E-state index contributed by atoms with van der Waals surface area (Å²) in [6.07, 6.45) is 4.00. The average Bonchev–Trinajstić information content (AvgIpc) is 3.41. The van der Waals surface area contributed by atoms with E-state index in [0.29, 0.717) is 28.3 Å². The molecule has 0 atom stereocenters. The summed E-state index contributed by atoms with van der Waals surface area (Å²) >= 11 is 7.46. The second kappa shape index (κ2) is 8.02. The van der Waals surface area contributed by atoms with Crippen LogP contribution < -0.4 is 10.1 Å². The van der Waals surface area contributed by atoms with Gasteiger partial charge < -0.3 is 14.6 Å². The lowest BCUT2D eigenvalue weighted by atomic mass is 10.3. The van der Waals surface area contributed by atoms with Gasteiger partial charge in [-0.05, 0) is 43.2 Å². The maximum Gasteiger partial charge on any atom is 0.234 e. The van der Waals surface area contributed by atoms with E-state index in [2.05, 4.69) is 15.5 Å². The number of para-hydroxylation sites is 1. The Morgan fingerprint density at radius 3 is 2.85 bits per heavy atom. The Kier molecular flexibility index (Phi) is 5.31. The molecule has 1 saturated carbocycles. The van der Waals surface area contributed by atoms with Gasteiger partial charge in [-0.25, -0.2) is 0 Å². The molecule has 3 aromatic rings. The second-order valence-electron chi connectivity index (χ2n) is 6.14. The standard InChI is InChI=1S/C19H17ClN4O2S/c20-13-6-9-17(26-15-4-2-1-3-5-15)16(10-13)22-18(25)11-27-19-23-21-12-24(19)14-7-8-14/h1-6,9-10,12,14H,7-8,11H2,(H,22,25). The topological polar surface area (TPSA) is 69.0 Å². The first-order valence-electron chi connectivity index (χ1n) is 8.53. The molecule has 1 amide bonds. The second-order valence-corrected chi connectivity index (χ2v) is 7.52. The Labute approximate surface area is 165 Å². The van der Waals surface area contributed by atoms with Gasteiger partial charge in [0, 0.05) is 11.1 Å². The van der Waals surface area contributed by atoms with E-state index in [0.717, 1.165) is 18.0 Å². The van der Waals surface area contributed by atoms with E-state index in [-0.39, 0.29) is 11.7 Å². The number of nitrogens with one attached hydrogen (secondary N) is 1. The van der Waals surface area contributed by atoms with Crippen molar-refractivity contribution >= 4 is 35.0 Å². The number of halogens is 1. The van der Waals surface area contributed by atoms with Gasteiger partial charge in [-0.1, -0.05) is 41.6 Å². The minimum Gasteiger partial charge on any atom is -0.455 e. The SMILES string of the molecule is O=C(CSc1nncn1C1CC1)Nc1cc(Cl)ccc1Oc1ccccc1. The number of carbonyl (C=O) groups excluding carboxylic acids is 1. The fourth-order valence-corrected chi connectivity index (χ4v) is 3.51. The molecule has 4 rings (SSSR count). The van der Waals surface area contributed by atoms with Crippen LogP contribution in [0.1, 0.15) is 18.9 Å². The Morgan fingerprint density at radius 2 is 2.07 bits per heavy atom. The highest BCUT2D eigenvalue weighted by Gasteiger charge is 2.26. The molecule has 8 heteroatoms. The molecule has 1 heterocycles. The van der Waals surface area contributed by atoms with E-state index in [1.54, 1.807) is 24.5 Å². The van der Waals surface area contributed by atoms with Gasteiger partial charge in [0.15, 0.2) is 10.9 Å². The predicted molar refractivity (Wildman–Crippen MR) is 106 cm³/mol. The number of thioether (sulfide) groups is 1. The zero-order chi connectivity index (χ0) is 18.6. The molecular weight excluding hydrogens is 384 g/mol. The maximum absolute atomic E-state index is 12.4. The fraction of sp³-hybridized carbons (Fsp3) is 0.211. The summed E-state index contributed by atoms with van der Waals surface area (Å²) in [5.41, 5.74) is 0.528. The molecule has 0 aliphatic heterocycles. The van der Waals surface area contributed by atoms with Crippen LogP contribution in [-0.2, 0) is 4.79 Å². The number of rotatable bonds is 7. The van der Waals surface area contributed by atoms with E-state index >= 15 is 0 Å². The fourth-order valence-electron chi connectivity index (χ4n) is 2.56. The van der Waals surface area contributed by atoms with Gasteiger partial charge in [-0.3, -0.25) is 4.79 Å². The van der Waals surface area contributed by atoms with Crippen LogP contribution in [0.25, 0.3) is 0 Å². The lowest BCUT2D eigenvalue weighted by Crippen LogP contribution is -2.15. The van der Waals surface area contributed by atoms with Crippen molar-refractivity contribution in [2.24, 2.45) is 0 Å². The smallest absolute Gasteiger partial charge is 0.234 e. The summed E-state index contributed by atoms with van der Waals surface area (Å²) < 4.78 is 7.90. The monoisotopic (exact) mass is 400 g/mol. The van der Waals surface area contributed by atoms with Crippen LogP contribution >= 0.6 is 23.4 Å². The van der Waals surface area contributed by atoms with Crippen LogP contribution in [0.3, 0.4) is 0 Å². The molecule has 1 aliphatic rings. The summed E-state index contributed by atoms with van der Waals surface area (Å²) in [6, 6.07) is 15.0.